The molecule has 0 amide bonds. The summed E-state index contributed by atoms with van der Waals surface area (Å²) in [6.07, 6.45) is 8.03. The van der Waals surface area contributed by atoms with Crippen LogP contribution in [0.25, 0.3) is 21.9 Å². The predicted molar refractivity (Wildman–Crippen MR) is 146 cm³/mol. The standard InChI is InChI=1S/C30H34N4O3/c1-2-3-7-24-26-18-23(9-11-28(26)37-29(24)30(35)36)34-15-13-33(14-16-34)12-5-4-6-22-20-32-27-10-8-21(19-31)17-25(22)27/h8-11,17-18,20,32H,2-7,12-16H2,1H3,(H,35,36). The van der Waals surface area contributed by atoms with Gasteiger partial charge in [-0.3, -0.25) is 4.90 Å². The molecule has 0 saturated carbocycles. The molecule has 0 radical (unpaired) electrons. The second kappa shape index (κ2) is 11.1. The van der Waals surface area contributed by atoms with Gasteiger partial charge in [0.25, 0.3) is 0 Å². The lowest BCUT2D eigenvalue weighted by Crippen LogP contribution is -2.46. The Morgan fingerprint density at radius 2 is 1.89 bits per heavy atom. The number of H-pyrrole nitrogens is 1. The van der Waals surface area contributed by atoms with Crippen molar-refractivity contribution in [3.8, 4) is 6.07 Å². The first-order valence-electron chi connectivity index (χ1n) is 13.3. The lowest BCUT2D eigenvalue weighted by Gasteiger charge is -2.36. The van der Waals surface area contributed by atoms with Crippen molar-refractivity contribution in [1.82, 2.24) is 9.88 Å². The number of carbonyl (C=O) groups is 1. The Morgan fingerprint density at radius 1 is 1.05 bits per heavy atom. The van der Waals surface area contributed by atoms with Crippen molar-refractivity contribution in [2.24, 2.45) is 0 Å². The van der Waals surface area contributed by atoms with Crippen molar-refractivity contribution in [2.75, 3.05) is 37.6 Å². The number of carboxylic acid groups (broad SMARTS) is 1. The summed E-state index contributed by atoms with van der Waals surface area (Å²) in [5.41, 5.74) is 5.71. The smallest absolute Gasteiger partial charge is 0.372 e. The summed E-state index contributed by atoms with van der Waals surface area (Å²) in [6.45, 7) is 7.15. The molecule has 2 N–H and O–H groups in total. The van der Waals surface area contributed by atoms with Gasteiger partial charge in [0.15, 0.2) is 0 Å². The molecule has 0 bridgehead atoms. The van der Waals surface area contributed by atoms with E-state index in [1.54, 1.807) is 0 Å². The molecule has 2 aromatic carbocycles. The van der Waals surface area contributed by atoms with Crippen LogP contribution < -0.4 is 4.90 Å². The van der Waals surface area contributed by atoms with Crippen LogP contribution >= 0.6 is 0 Å². The van der Waals surface area contributed by atoms with Crippen LogP contribution in [-0.2, 0) is 12.8 Å². The number of aromatic carboxylic acids is 1. The molecule has 0 unspecified atom stereocenters. The number of unbranched alkanes of at least 4 members (excludes halogenated alkanes) is 2. The van der Waals surface area contributed by atoms with Crippen LogP contribution in [0.2, 0.25) is 0 Å². The maximum atomic E-state index is 11.7. The molecule has 5 rings (SSSR count). The zero-order chi connectivity index (χ0) is 25.8. The molecule has 0 atom stereocenters. The van der Waals surface area contributed by atoms with E-state index in [0.29, 0.717) is 11.1 Å². The normalized spacial score (nSPS) is 14.4. The number of hydrogen-bond donors (Lipinski definition) is 2. The molecule has 192 valence electrons. The quantitative estimate of drug-likeness (QED) is 0.262. The van der Waals surface area contributed by atoms with Crippen LogP contribution in [0.5, 0.6) is 0 Å². The third kappa shape index (κ3) is 5.35. The predicted octanol–water partition coefficient (Wildman–Crippen LogP) is 5.97. The third-order valence-corrected chi connectivity index (χ3v) is 7.55. The maximum Gasteiger partial charge on any atom is 0.372 e. The first-order chi connectivity index (χ1) is 18.1. The van der Waals surface area contributed by atoms with Crippen LogP contribution in [-0.4, -0.2) is 53.7 Å². The first kappa shape index (κ1) is 24.9. The zero-order valence-electron chi connectivity index (χ0n) is 21.4. The molecular formula is C30H34N4O3. The summed E-state index contributed by atoms with van der Waals surface area (Å²) >= 11 is 0. The van der Waals surface area contributed by atoms with Gasteiger partial charge in [-0.2, -0.15) is 5.26 Å². The fraction of sp³-hybridized carbons (Fsp3) is 0.400. The summed E-state index contributed by atoms with van der Waals surface area (Å²) in [6, 6.07) is 14.1. The van der Waals surface area contributed by atoms with E-state index in [9.17, 15) is 15.2 Å². The molecule has 1 aliphatic rings. The summed E-state index contributed by atoms with van der Waals surface area (Å²) in [5, 5.41) is 20.9. The van der Waals surface area contributed by atoms with E-state index in [-0.39, 0.29) is 5.76 Å². The highest BCUT2D eigenvalue weighted by atomic mass is 16.4. The Labute approximate surface area is 217 Å². The van der Waals surface area contributed by atoms with Gasteiger partial charge < -0.3 is 19.4 Å². The number of furan rings is 1. The van der Waals surface area contributed by atoms with E-state index in [1.807, 2.05) is 24.3 Å². The fourth-order valence-electron chi connectivity index (χ4n) is 5.44. The molecule has 0 aliphatic carbocycles. The topological polar surface area (TPSA) is 96.5 Å². The molecule has 2 aromatic heterocycles. The largest absolute Gasteiger partial charge is 0.475 e. The maximum absolute atomic E-state index is 11.7. The first-order valence-corrected chi connectivity index (χ1v) is 13.3. The molecule has 3 heterocycles. The van der Waals surface area contributed by atoms with Crippen molar-refractivity contribution in [3.63, 3.8) is 0 Å². The number of piperazine rings is 1. The number of aromatic amines is 1. The summed E-state index contributed by atoms with van der Waals surface area (Å²) in [4.78, 5) is 20.0. The summed E-state index contributed by atoms with van der Waals surface area (Å²) in [7, 11) is 0. The number of carboxylic acids is 1. The minimum atomic E-state index is -0.992. The van der Waals surface area contributed by atoms with Gasteiger partial charge in [-0.25, -0.2) is 4.79 Å². The van der Waals surface area contributed by atoms with Crippen molar-refractivity contribution in [2.45, 2.75) is 45.4 Å². The van der Waals surface area contributed by atoms with Crippen molar-refractivity contribution >= 4 is 33.5 Å². The average Bonchev–Trinajstić information content (AvgIpc) is 3.50. The van der Waals surface area contributed by atoms with E-state index < -0.39 is 5.97 Å². The van der Waals surface area contributed by atoms with Crippen molar-refractivity contribution in [1.29, 1.82) is 5.26 Å². The van der Waals surface area contributed by atoms with Gasteiger partial charge in [-0.05, 0) is 80.6 Å². The number of benzene rings is 2. The van der Waals surface area contributed by atoms with Crippen LogP contribution in [0.1, 0.15) is 59.9 Å². The number of anilines is 1. The van der Waals surface area contributed by atoms with Crippen molar-refractivity contribution in [3.05, 3.63) is 65.0 Å². The van der Waals surface area contributed by atoms with E-state index in [4.69, 9.17) is 4.42 Å². The van der Waals surface area contributed by atoms with E-state index in [2.05, 4.69) is 46.1 Å². The molecule has 0 spiro atoms. The third-order valence-electron chi connectivity index (χ3n) is 7.55. The Hall–Kier alpha value is -3.76. The van der Waals surface area contributed by atoms with Gasteiger partial charge in [0, 0.05) is 59.9 Å². The Bertz CT molecular complexity index is 1440. The minimum Gasteiger partial charge on any atom is -0.475 e. The number of rotatable bonds is 10. The Kier molecular flexibility index (Phi) is 7.47. The highest BCUT2D eigenvalue weighted by molar-refractivity contribution is 5.96. The van der Waals surface area contributed by atoms with E-state index >= 15 is 0 Å². The molecule has 7 nitrogen and oxygen atoms in total. The van der Waals surface area contributed by atoms with Gasteiger partial charge in [0.2, 0.25) is 5.76 Å². The number of aryl methyl sites for hydroxylation is 2. The number of nitrogens with zero attached hydrogens (tertiary/aromatic N) is 3. The monoisotopic (exact) mass is 498 g/mol. The number of fused-ring (bicyclic) bond motifs is 2. The molecule has 37 heavy (non-hydrogen) atoms. The Morgan fingerprint density at radius 3 is 2.65 bits per heavy atom. The van der Waals surface area contributed by atoms with Crippen LogP contribution in [0.15, 0.2) is 47.0 Å². The number of nitrogens with one attached hydrogen (secondary N) is 1. The number of aromatic nitrogens is 1. The van der Waals surface area contributed by atoms with E-state index in [1.165, 1.54) is 5.56 Å². The van der Waals surface area contributed by atoms with Gasteiger partial charge >= 0.3 is 5.97 Å². The minimum absolute atomic E-state index is 0.0866. The van der Waals surface area contributed by atoms with Crippen LogP contribution in [0, 0.1) is 11.3 Å². The number of hydrogen-bond acceptors (Lipinski definition) is 5. The van der Waals surface area contributed by atoms with Crippen molar-refractivity contribution < 1.29 is 14.3 Å². The second-order valence-electron chi connectivity index (χ2n) is 9.97. The summed E-state index contributed by atoms with van der Waals surface area (Å²) < 4.78 is 5.69. The lowest BCUT2D eigenvalue weighted by atomic mass is 10.0. The van der Waals surface area contributed by atoms with Crippen LogP contribution in [0.3, 0.4) is 0 Å². The zero-order valence-corrected chi connectivity index (χ0v) is 21.4. The summed E-state index contributed by atoms with van der Waals surface area (Å²) in [5.74, 6) is -0.905. The number of nitriles is 1. The van der Waals surface area contributed by atoms with Gasteiger partial charge in [0.1, 0.15) is 5.58 Å². The average molecular weight is 499 g/mol. The lowest BCUT2D eigenvalue weighted by molar-refractivity contribution is 0.0663. The molecule has 7 heteroatoms. The highest BCUT2D eigenvalue weighted by Gasteiger charge is 2.22. The second-order valence-corrected chi connectivity index (χ2v) is 9.97. The highest BCUT2D eigenvalue weighted by Crippen LogP contribution is 2.31. The van der Waals surface area contributed by atoms with Gasteiger partial charge in [0.05, 0.1) is 11.6 Å². The Balaban J connectivity index is 1.15. The van der Waals surface area contributed by atoms with Crippen LogP contribution in [0.4, 0.5) is 5.69 Å². The van der Waals surface area contributed by atoms with E-state index in [0.717, 1.165) is 98.8 Å². The van der Waals surface area contributed by atoms with Gasteiger partial charge in [-0.1, -0.05) is 13.3 Å². The molecule has 1 saturated heterocycles. The molecule has 4 aromatic rings. The SMILES string of the molecule is CCCCc1c(C(=O)O)oc2ccc(N3CCN(CCCCc4c[nH]c5ccc(C#N)cc45)CC3)cc12. The molecular weight excluding hydrogens is 464 g/mol. The molecule has 1 aliphatic heterocycles. The fourth-order valence-corrected chi connectivity index (χ4v) is 5.44. The molecule has 1 fully saturated rings. The van der Waals surface area contributed by atoms with Gasteiger partial charge in [-0.15, -0.1) is 0 Å².